The van der Waals surface area contributed by atoms with Crippen molar-refractivity contribution in [1.82, 2.24) is 9.97 Å². The zero-order chi connectivity index (χ0) is 29.5. The Labute approximate surface area is 260 Å². The van der Waals surface area contributed by atoms with Gasteiger partial charge in [-0.25, -0.2) is 9.97 Å². The molecule has 4 heterocycles. The van der Waals surface area contributed by atoms with Crippen LogP contribution in [0.1, 0.15) is 0 Å². The average Bonchev–Trinajstić information content (AvgIpc) is 3.82. The van der Waals surface area contributed by atoms with Crippen LogP contribution < -0.4 is 4.90 Å². The first kappa shape index (κ1) is 24.6. The molecule has 0 unspecified atom stereocenters. The molecule has 0 saturated carbocycles. The molecule has 0 fully saturated rings. The van der Waals surface area contributed by atoms with Gasteiger partial charge < -0.3 is 18.2 Å². The molecule has 1 aliphatic heterocycles. The highest BCUT2D eigenvalue weighted by atomic mass is 32.2. The monoisotopic (exact) mass is 599 g/mol. The van der Waals surface area contributed by atoms with Gasteiger partial charge in [-0.1, -0.05) is 60.3 Å². The molecular weight excluding hydrogens is 579 g/mol. The number of para-hydroxylation sites is 5. The molecule has 45 heavy (non-hydrogen) atoms. The third-order valence-electron chi connectivity index (χ3n) is 8.32. The second kappa shape index (κ2) is 9.35. The summed E-state index contributed by atoms with van der Waals surface area (Å²) in [6, 6.07) is 42.9. The summed E-state index contributed by atoms with van der Waals surface area (Å²) in [7, 11) is 0. The van der Waals surface area contributed by atoms with E-state index < -0.39 is 0 Å². The van der Waals surface area contributed by atoms with E-state index >= 15 is 0 Å². The van der Waals surface area contributed by atoms with Crippen LogP contribution in [0.5, 0.6) is 0 Å². The van der Waals surface area contributed by atoms with Gasteiger partial charge in [-0.2, -0.15) is 0 Å². The van der Waals surface area contributed by atoms with Crippen molar-refractivity contribution < 1.29 is 13.3 Å². The number of nitrogens with zero attached hydrogens (tertiary/aromatic N) is 3. The lowest BCUT2D eigenvalue weighted by Gasteiger charge is -2.33. The van der Waals surface area contributed by atoms with Crippen molar-refractivity contribution in [1.29, 1.82) is 0 Å². The van der Waals surface area contributed by atoms with Crippen molar-refractivity contribution in [2.75, 3.05) is 4.90 Å². The quantitative estimate of drug-likeness (QED) is 0.200. The van der Waals surface area contributed by atoms with E-state index in [1.165, 1.54) is 0 Å². The Hall–Kier alpha value is -5.79. The van der Waals surface area contributed by atoms with Gasteiger partial charge in [-0.15, -0.1) is 0 Å². The normalized spacial score (nSPS) is 12.8. The predicted octanol–water partition coefficient (Wildman–Crippen LogP) is 11.1. The van der Waals surface area contributed by atoms with Gasteiger partial charge in [0.05, 0.1) is 16.3 Å². The largest absolute Gasteiger partial charge is 0.455 e. The van der Waals surface area contributed by atoms with Crippen molar-refractivity contribution in [2.45, 2.75) is 9.79 Å². The summed E-state index contributed by atoms with van der Waals surface area (Å²) in [5.74, 6) is 1.17. The molecule has 1 aliphatic rings. The molecule has 0 aliphatic carbocycles. The number of anilines is 3. The van der Waals surface area contributed by atoms with Crippen molar-refractivity contribution >= 4 is 73.0 Å². The Kier molecular flexibility index (Phi) is 5.12. The van der Waals surface area contributed by atoms with Crippen LogP contribution in [-0.4, -0.2) is 9.97 Å². The number of aromatic nitrogens is 2. The fourth-order valence-electron chi connectivity index (χ4n) is 6.23. The standard InChI is InChI=1S/C38H21N3O3S/c1-4-13-31-25(10-1)26-17-18-29-36(35(26)42-31)45-34-19-16-23(38-40-28-12-3-6-15-33(28)44-38)21-30(34)41(29)24-9-7-8-22(20-24)37-39-27-11-2-5-14-32(27)43-37/h1-21H. The molecule has 0 bridgehead atoms. The molecule has 10 rings (SSSR count). The van der Waals surface area contributed by atoms with Crippen LogP contribution in [0.4, 0.5) is 17.1 Å². The Morgan fingerprint density at radius 2 is 1.20 bits per heavy atom. The maximum Gasteiger partial charge on any atom is 0.227 e. The van der Waals surface area contributed by atoms with Crippen LogP contribution in [0, 0.1) is 0 Å². The summed E-state index contributed by atoms with van der Waals surface area (Å²) in [5, 5.41) is 2.21. The average molecular weight is 600 g/mol. The number of furan rings is 1. The van der Waals surface area contributed by atoms with Crippen LogP contribution in [-0.2, 0) is 0 Å². The summed E-state index contributed by atoms with van der Waals surface area (Å²) >= 11 is 1.72. The molecule has 0 amide bonds. The highest BCUT2D eigenvalue weighted by molar-refractivity contribution is 8.00. The highest BCUT2D eigenvalue weighted by Gasteiger charge is 2.29. The van der Waals surface area contributed by atoms with E-state index in [1.807, 2.05) is 72.8 Å². The molecule has 0 atom stereocenters. The summed E-state index contributed by atoms with van der Waals surface area (Å²) in [6.07, 6.45) is 0. The van der Waals surface area contributed by atoms with Crippen molar-refractivity contribution in [2.24, 2.45) is 0 Å². The molecular formula is C38H21N3O3S. The molecule has 0 N–H and O–H groups in total. The van der Waals surface area contributed by atoms with Crippen LogP contribution in [0.25, 0.3) is 67.0 Å². The molecule has 0 radical (unpaired) electrons. The van der Waals surface area contributed by atoms with Crippen molar-refractivity contribution in [3.05, 3.63) is 127 Å². The first-order valence-corrected chi connectivity index (χ1v) is 15.5. The zero-order valence-electron chi connectivity index (χ0n) is 23.6. The second-order valence-electron chi connectivity index (χ2n) is 11.0. The lowest BCUT2D eigenvalue weighted by molar-refractivity contribution is 0.619. The van der Waals surface area contributed by atoms with Gasteiger partial charge in [0.1, 0.15) is 16.6 Å². The van der Waals surface area contributed by atoms with Crippen molar-refractivity contribution in [3.63, 3.8) is 0 Å². The molecule has 6 aromatic carbocycles. The smallest absolute Gasteiger partial charge is 0.227 e. The molecule has 0 spiro atoms. The van der Waals surface area contributed by atoms with E-state index in [2.05, 4.69) is 59.5 Å². The number of rotatable bonds is 3. The van der Waals surface area contributed by atoms with E-state index in [4.69, 9.17) is 23.2 Å². The molecule has 7 heteroatoms. The highest BCUT2D eigenvalue weighted by Crippen LogP contribution is 2.55. The Morgan fingerprint density at radius 3 is 1.96 bits per heavy atom. The Morgan fingerprint density at radius 1 is 0.511 bits per heavy atom. The summed E-state index contributed by atoms with van der Waals surface area (Å²) in [5.41, 5.74) is 9.78. The summed E-state index contributed by atoms with van der Waals surface area (Å²) in [6.45, 7) is 0. The predicted molar refractivity (Wildman–Crippen MR) is 179 cm³/mol. The van der Waals surface area contributed by atoms with Crippen LogP contribution in [0.3, 0.4) is 0 Å². The fourth-order valence-corrected chi connectivity index (χ4v) is 7.35. The lowest BCUT2D eigenvalue weighted by Crippen LogP contribution is -2.15. The van der Waals surface area contributed by atoms with Gasteiger partial charge in [-0.05, 0) is 78.9 Å². The van der Waals surface area contributed by atoms with Gasteiger partial charge in [0.2, 0.25) is 11.8 Å². The molecule has 0 saturated heterocycles. The van der Waals surface area contributed by atoms with Gasteiger partial charge in [0.25, 0.3) is 0 Å². The number of hydrogen-bond donors (Lipinski definition) is 0. The number of hydrogen-bond acceptors (Lipinski definition) is 7. The third kappa shape index (κ3) is 3.77. The van der Waals surface area contributed by atoms with Crippen molar-refractivity contribution in [3.8, 4) is 22.9 Å². The zero-order valence-corrected chi connectivity index (χ0v) is 24.4. The maximum absolute atomic E-state index is 6.51. The Bertz CT molecular complexity index is 2550. The van der Waals surface area contributed by atoms with Gasteiger partial charge >= 0.3 is 0 Å². The van der Waals surface area contributed by atoms with Crippen LogP contribution >= 0.6 is 11.8 Å². The van der Waals surface area contributed by atoms with E-state index in [0.717, 1.165) is 82.1 Å². The van der Waals surface area contributed by atoms with Gasteiger partial charge in [0, 0.05) is 32.5 Å². The maximum atomic E-state index is 6.51. The lowest BCUT2D eigenvalue weighted by atomic mass is 10.1. The van der Waals surface area contributed by atoms with E-state index in [-0.39, 0.29) is 0 Å². The number of oxazole rings is 2. The van der Waals surface area contributed by atoms with Gasteiger partial charge in [0.15, 0.2) is 16.7 Å². The number of fused-ring (bicyclic) bond motifs is 8. The summed E-state index contributed by atoms with van der Waals surface area (Å²) < 4.78 is 18.8. The van der Waals surface area contributed by atoms with E-state index in [9.17, 15) is 0 Å². The summed E-state index contributed by atoms with van der Waals surface area (Å²) in [4.78, 5) is 14.0. The third-order valence-corrected chi connectivity index (χ3v) is 9.48. The SMILES string of the molecule is c1cc(-c2nc3ccccc3o2)cc(N2c3cc(-c4nc5ccccc5o4)ccc3Sc3c2ccc2c3oc3ccccc32)c1. The minimum Gasteiger partial charge on any atom is -0.455 e. The first-order valence-electron chi connectivity index (χ1n) is 14.7. The molecule has 9 aromatic rings. The Balaban J connectivity index is 1.19. The molecule has 212 valence electrons. The van der Waals surface area contributed by atoms with Crippen LogP contribution in [0.15, 0.2) is 150 Å². The number of benzene rings is 6. The second-order valence-corrected chi connectivity index (χ2v) is 12.1. The fraction of sp³-hybridized carbons (Fsp3) is 0. The van der Waals surface area contributed by atoms with E-state index in [1.54, 1.807) is 11.8 Å². The van der Waals surface area contributed by atoms with Crippen LogP contribution in [0.2, 0.25) is 0 Å². The molecule has 3 aromatic heterocycles. The minimum absolute atomic E-state index is 0.581. The minimum atomic E-state index is 0.581. The first-order chi connectivity index (χ1) is 22.3. The topological polar surface area (TPSA) is 68.4 Å². The van der Waals surface area contributed by atoms with Gasteiger partial charge in [-0.3, -0.25) is 0 Å². The van der Waals surface area contributed by atoms with E-state index in [0.29, 0.717) is 11.8 Å². The molecule has 6 nitrogen and oxygen atoms in total.